The summed E-state index contributed by atoms with van der Waals surface area (Å²) in [5.41, 5.74) is 12.3. The average Bonchev–Trinajstić information content (AvgIpc) is 1.51. The van der Waals surface area contributed by atoms with E-state index in [0.717, 1.165) is 56.1 Å². The highest BCUT2D eigenvalue weighted by Crippen LogP contribution is 2.71. The molecule has 16 rings (SSSR count). The van der Waals surface area contributed by atoms with Gasteiger partial charge in [-0.1, -0.05) is 128 Å². The first-order valence-corrected chi connectivity index (χ1v) is 33.7. The molecule has 2 spiro atoms. The summed E-state index contributed by atoms with van der Waals surface area (Å²) in [5, 5.41) is 33.1. The Morgan fingerprint density at radius 2 is 1.59 bits per heavy atom. The molecular weight excluding hydrogens is 1120 g/mol. The molecule has 6 aromatic rings. The highest BCUT2D eigenvalue weighted by molar-refractivity contribution is 5.91. The van der Waals surface area contributed by atoms with Crippen molar-refractivity contribution in [3.63, 3.8) is 0 Å². The van der Waals surface area contributed by atoms with Crippen molar-refractivity contribution in [1.82, 2.24) is 0 Å². The fraction of sp³-hybridized carbons (Fsp3) is 0.456. The van der Waals surface area contributed by atoms with Gasteiger partial charge in [-0.2, -0.15) is 0 Å². The molecule has 3 aliphatic heterocycles. The van der Waals surface area contributed by atoms with E-state index in [9.17, 15) is 20.1 Å². The zero-order valence-electron chi connectivity index (χ0n) is 51.8. The monoisotopic (exact) mass is 1210 g/mol. The van der Waals surface area contributed by atoms with Crippen LogP contribution in [0.4, 0.5) is 0 Å². The van der Waals surface area contributed by atoms with Gasteiger partial charge in [-0.3, -0.25) is 4.79 Å². The smallest absolute Gasteiger partial charge is 0.340 e. The third kappa shape index (κ3) is 8.74. The SMILES string of the molecule is COC[C@@H](CCO)c1c(CO)c2ccc3c(c2oc1=O)[C@H]1OC(=O)C[C@H]2C[C@H](c4cccc5c4CC[C@H]4CCC[C@H]6C=Cc7ccccc7[C@]546)C=C[C@H]2c2ccc4c(c2)CC[C@@]25CCC[C@](O3)([C@@H]2C[C@@H]2c3ccccc3C=C[C@@H]25)[C@H]1OC(=O)/C(=C(/C)CO)CC4. The lowest BCUT2D eigenvalue weighted by atomic mass is 9.48. The van der Waals surface area contributed by atoms with E-state index in [1.165, 1.54) is 70.9 Å². The normalized spacial score (nSPS) is 32.5. The lowest BCUT2D eigenvalue weighted by Crippen LogP contribution is -2.65. The molecule has 6 bridgehead atoms. The van der Waals surface area contributed by atoms with Crippen LogP contribution in [0.3, 0.4) is 0 Å². The number of esters is 2. The Bertz CT molecular complexity index is 4080. The maximum Gasteiger partial charge on any atom is 0.340 e. The molecule has 3 fully saturated rings. The molecule has 5 aromatic carbocycles. The zero-order valence-corrected chi connectivity index (χ0v) is 51.8. The quantitative estimate of drug-likeness (QED) is 0.0576. The van der Waals surface area contributed by atoms with Gasteiger partial charge in [0.2, 0.25) is 0 Å². The van der Waals surface area contributed by atoms with E-state index in [2.05, 4.69) is 121 Å². The van der Waals surface area contributed by atoms with E-state index in [-0.39, 0.29) is 95.7 Å². The summed E-state index contributed by atoms with van der Waals surface area (Å²) in [7, 11) is 1.53. The Labute approximate surface area is 526 Å². The molecule has 3 saturated carbocycles. The number of rotatable bonds is 8. The summed E-state index contributed by atoms with van der Waals surface area (Å²) >= 11 is 0. The van der Waals surface area contributed by atoms with E-state index in [0.29, 0.717) is 65.4 Å². The third-order valence-electron chi connectivity index (χ3n) is 24.6. The molecule has 0 amide bonds. The van der Waals surface area contributed by atoms with E-state index in [4.69, 9.17) is 23.4 Å². The number of aryl methyl sites for hydroxylation is 2. The fourth-order valence-electron chi connectivity index (χ4n) is 20.9. The van der Waals surface area contributed by atoms with Gasteiger partial charge >= 0.3 is 17.6 Å². The minimum atomic E-state index is -1.35. The first-order chi connectivity index (χ1) is 44.0. The Morgan fingerprint density at radius 1 is 0.756 bits per heavy atom. The topological polar surface area (TPSA) is 162 Å². The zero-order chi connectivity index (χ0) is 61.2. The van der Waals surface area contributed by atoms with Crippen molar-refractivity contribution < 1.29 is 48.3 Å². The van der Waals surface area contributed by atoms with Crippen LogP contribution in [0.15, 0.2) is 142 Å². The number of benzene rings is 5. The Morgan fingerprint density at radius 3 is 2.44 bits per heavy atom. The van der Waals surface area contributed by atoms with E-state index < -0.39 is 47.9 Å². The highest BCUT2D eigenvalue weighted by Gasteiger charge is 2.70. The van der Waals surface area contributed by atoms with Gasteiger partial charge in [-0.15, -0.1) is 0 Å². The van der Waals surface area contributed by atoms with Crippen LogP contribution in [0.5, 0.6) is 5.75 Å². The summed E-state index contributed by atoms with van der Waals surface area (Å²) < 4.78 is 34.7. The number of carbonyl (C=O) groups is 2. The minimum absolute atomic E-state index is 0.0157. The number of carbonyl (C=O) groups excluding carboxylic acids is 2. The Balaban J connectivity index is 0.902. The van der Waals surface area contributed by atoms with Crippen LogP contribution in [0.25, 0.3) is 23.1 Å². The molecule has 4 heterocycles. The standard InChI is InChI=1S/C79H82O11/c1-45(42-81)56-26-21-46-18-19-50-38-49(46)32-36-77-34-9-35-78(68(77)41-62-58-14-5-3-10-47(58)23-30-65(62)77)74(89-75(56)84)73(71-67(90-78)31-29-61-63(43-82)70(76(85)88-72(61)71)52(33-37-80)44-86-2)87-69(83)40-53-39-51(22-27-57(50)53)59-15-8-17-66-60(59)28-25-55-13-7-12-54-24-20-48-11-4-6-16-64(48)79(54,55)66/h3-6,8,10-11,14-20,22-24,27,29-31,38,51-55,57,62,65,68,73-74,80-82H,7,9,12-13,21,25-26,28,32-37,39-44H2,1-2H3/b56-45-/t51-,52-,53-,54+,55-,57+,62-,65+,68-,73-,74+,77-,78+,79-/m1/s1. The molecule has 0 radical (unpaired) electrons. The molecule has 0 unspecified atom stereocenters. The molecule has 7 aliphatic carbocycles. The van der Waals surface area contributed by atoms with Gasteiger partial charge in [0.15, 0.2) is 17.8 Å². The average molecular weight is 1210 g/mol. The van der Waals surface area contributed by atoms with Crippen molar-refractivity contribution in [1.29, 1.82) is 0 Å². The second-order valence-corrected chi connectivity index (χ2v) is 28.4. The second kappa shape index (κ2) is 22.6. The highest BCUT2D eigenvalue weighted by atomic mass is 16.6. The summed E-state index contributed by atoms with van der Waals surface area (Å²) in [5.74, 6) is -0.698. The number of hydrogen-bond donors (Lipinski definition) is 3. The van der Waals surface area contributed by atoms with Crippen LogP contribution >= 0.6 is 0 Å². The number of hydrogen-bond acceptors (Lipinski definition) is 11. The van der Waals surface area contributed by atoms with Crippen LogP contribution in [-0.2, 0) is 55.1 Å². The second-order valence-electron chi connectivity index (χ2n) is 28.4. The van der Waals surface area contributed by atoms with Gasteiger partial charge in [0.1, 0.15) is 11.3 Å². The molecule has 11 nitrogen and oxygen atoms in total. The first kappa shape index (κ1) is 58.0. The minimum Gasteiger partial charge on any atom is -0.482 e. The number of methoxy groups -OCH3 is 1. The van der Waals surface area contributed by atoms with E-state index in [1.807, 2.05) is 12.1 Å². The Kier molecular flexibility index (Phi) is 14.6. The van der Waals surface area contributed by atoms with Crippen molar-refractivity contribution in [3.05, 3.63) is 215 Å². The van der Waals surface area contributed by atoms with E-state index in [1.54, 1.807) is 6.92 Å². The van der Waals surface area contributed by atoms with Crippen LogP contribution < -0.4 is 10.4 Å². The lowest BCUT2D eigenvalue weighted by Gasteiger charge is -2.58. The molecule has 10 aliphatic rings. The fourth-order valence-corrected chi connectivity index (χ4v) is 20.9. The predicted molar refractivity (Wildman–Crippen MR) is 345 cm³/mol. The number of aliphatic hydroxyl groups is 3. The molecule has 11 heteroatoms. The summed E-state index contributed by atoms with van der Waals surface area (Å²) in [6.07, 6.45) is 23.9. The molecule has 3 N–H and O–H groups in total. The van der Waals surface area contributed by atoms with Crippen molar-refractivity contribution >= 4 is 35.1 Å². The van der Waals surface area contributed by atoms with Gasteiger partial charge in [0, 0.05) is 65.7 Å². The van der Waals surface area contributed by atoms with Crippen LogP contribution in [0.2, 0.25) is 0 Å². The van der Waals surface area contributed by atoms with Crippen molar-refractivity contribution in [3.8, 4) is 5.75 Å². The molecule has 14 atom stereocenters. The van der Waals surface area contributed by atoms with Crippen LogP contribution in [-0.4, -0.2) is 65.9 Å². The molecule has 90 heavy (non-hydrogen) atoms. The molecule has 1 aromatic heterocycles. The number of fused-ring (bicyclic) bond motifs is 13. The number of ether oxygens (including phenoxy) is 4. The summed E-state index contributed by atoms with van der Waals surface area (Å²) in [4.78, 5) is 46.9. The van der Waals surface area contributed by atoms with Gasteiger partial charge in [0.05, 0.1) is 25.4 Å². The summed E-state index contributed by atoms with van der Waals surface area (Å²) in [6, 6.07) is 35.5. The number of aliphatic hydroxyl groups excluding tert-OH is 3. The summed E-state index contributed by atoms with van der Waals surface area (Å²) in [6.45, 7) is 0.746. The predicted octanol–water partition coefficient (Wildman–Crippen LogP) is 14.1. The number of allylic oxidation sites excluding steroid dienone is 4. The molecule has 0 saturated heterocycles. The van der Waals surface area contributed by atoms with Gasteiger partial charge in [-0.05, 0) is 211 Å². The lowest BCUT2D eigenvalue weighted by molar-refractivity contribution is -0.221. The first-order valence-electron chi connectivity index (χ1n) is 33.7. The molecular formula is C79H82O11. The van der Waals surface area contributed by atoms with Gasteiger partial charge in [-0.25, -0.2) is 9.59 Å². The van der Waals surface area contributed by atoms with Gasteiger partial charge in [0.25, 0.3) is 0 Å². The van der Waals surface area contributed by atoms with Crippen molar-refractivity contribution in [2.24, 2.45) is 35.0 Å². The maximum atomic E-state index is 16.2. The van der Waals surface area contributed by atoms with Crippen molar-refractivity contribution in [2.75, 3.05) is 26.9 Å². The molecule has 464 valence electrons. The van der Waals surface area contributed by atoms with Crippen LogP contribution in [0, 0.1) is 35.0 Å². The largest absolute Gasteiger partial charge is 0.482 e. The van der Waals surface area contributed by atoms with Crippen LogP contribution in [0.1, 0.15) is 192 Å². The van der Waals surface area contributed by atoms with E-state index >= 15 is 9.59 Å². The van der Waals surface area contributed by atoms with Crippen molar-refractivity contribution in [2.45, 2.75) is 163 Å². The van der Waals surface area contributed by atoms with Gasteiger partial charge < -0.3 is 38.7 Å². The maximum absolute atomic E-state index is 16.2. The Hall–Kier alpha value is -7.15. The third-order valence-corrected chi connectivity index (χ3v) is 24.6.